The molecule has 150 valence electrons. The minimum Gasteiger partial charge on any atom is -0.392 e. The van der Waals surface area contributed by atoms with Crippen molar-refractivity contribution in [3.05, 3.63) is 39.3 Å². The highest BCUT2D eigenvalue weighted by molar-refractivity contribution is 7.90. The first-order valence-corrected chi connectivity index (χ1v) is 11.9. The monoisotopic (exact) mass is 461 g/mol. The van der Waals surface area contributed by atoms with Gasteiger partial charge in [0.2, 0.25) is 0 Å². The summed E-state index contributed by atoms with van der Waals surface area (Å²) in [7, 11) is -3.49. The van der Waals surface area contributed by atoms with E-state index in [1.165, 1.54) is 24.4 Å². The molecule has 1 saturated carbocycles. The van der Waals surface area contributed by atoms with Gasteiger partial charge in [-0.25, -0.2) is 13.4 Å². The molecular weight excluding hydrogens is 445 g/mol. The second kappa shape index (κ2) is 8.77. The molecule has 11 heteroatoms. The summed E-state index contributed by atoms with van der Waals surface area (Å²) in [6.45, 7) is 0. The van der Waals surface area contributed by atoms with Crippen molar-refractivity contribution in [2.45, 2.75) is 36.7 Å². The molecule has 3 rings (SSSR count). The number of carbonyl (C=O) groups excluding carboxylic acids is 1. The van der Waals surface area contributed by atoms with Crippen molar-refractivity contribution in [2.75, 3.05) is 11.6 Å². The number of aromatic nitrogens is 1. The van der Waals surface area contributed by atoms with Gasteiger partial charge in [-0.2, -0.15) is 0 Å². The lowest BCUT2D eigenvalue weighted by atomic mass is 10.1. The van der Waals surface area contributed by atoms with E-state index in [0.717, 1.165) is 43.3 Å². The summed E-state index contributed by atoms with van der Waals surface area (Å²) >= 11 is 13.1. The number of thiazole rings is 1. The van der Waals surface area contributed by atoms with E-state index in [1.807, 2.05) is 0 Å². The molecule has 0 atom stereocenters. The predicted molar refractivity (Wildman–Crippen MR) is 110 cm³/mol. The number of hydrogen-bond acceptors (Lipinski definition) is 7. The van der Waals surface area contributed by atoms with E-state index < -0.39 is 15.7 Å². The third-order valence-electron chi connectivity index (χ3n) is 4.11. The van der Waals surface area contributed by atoms with Crippen LogP contribution in [0.25, 0.3) is 0 Å². The number of anilines is 1. The van der Waals surface area contributed by atoms with Crippen LogP contribution in [0.2, 0.25) is 9.36 Å². The molecule has 0 radical (unpaired) electrons. The van der Waals surface area contributed by atoms with Crippen LogP contribution < -0.4 is 5.32 Å². The number of hydrogen-bond donors (Lipinski definition) is 1. The molecule has 1 fully saturated rings. The lowest BCUT2D eigenvalue weighted by Crippen LogP contribution is -2.25. The second-order valence-corrected chi connectivity index (χ2v) is 10.3. The summed E-state index contributed by atoms with van der Waals surface area (Å²) in [5, 5.41) is 6.97. The predicted octanol–water partition coefficient (Wildman–Crippen LogP) is 4.16. The summed E-state index contributed by atoms with van der Waals surface area (Å²) in [5.74, 6) is -0.563. The number of oxime groups is 1. The second-order valence-electron chi connectivity index (χ2n) is 6.29. The van der Waals surface area contributed by atoms with Crippen molar-refractivity contribution in [1.29, 1.82) is 0 Å². The summed E-state index contributed by atoms with van der Waals surface area (Å²) in [6, 6.07) is 4.18. The van der Waals surface area contributed by atoms with Gasteiger partial charge in [-0.15, -0.1) is 0 Å². The Morgan fingerprint density at radius 1 is 1.32 bits per heavy atom. The van der Waals surface area contributed by atoms with Crippen molar-refractivity contribution in [2.24, 2.45) is 5.16 Å². The van der Waals surface area contributed by atoms with Crippen molar-refractivity contribution in [3.8, 4) is 0 Å². The molecule has 2 aromatic rings. The van der Waals surface area contributed by atoms with Crippen molar-refractivity contribution < 1.29 is 18.0 Å². The van der Waals surface area contributed by atoms with Crippen LogP contribution in [-0.2, 0) is 19.5 Å². The number of amides is 1. The zero-order valence-corrected chi connectivity index (χ0v) is 18.0. The molecule has 1 aliphatic rings. The Kier molecular flexibility index (Phi) is 6.59. The van der Waals surface area contributed by atoms with E-state index in [0.29, 0.717) is 15.0 Å². The molecule has 0 unspecified atom stereocenters. The quantitative estimate of drug-likeness (QED) is 0.514. The lowest BCUT2D eigenvalue weighted by molar-refractivity contribution is -0.110. The molecule has 0 spiro atoms. The molecule has 1 aromatic heterocycles. The highest BCUT2D eigenvalue weighted by atomic mass is 35.5. The molecular formula is C17H17Cl2N3O4S2. The maximum absolute atomic E-state index is 12.8. The van der Waals surface area contributed by atoms with Crippen LogP contribution in [0.3, 0.4) is 0 Å². The fourth-order valence-electron chi connectivity index (χ4n) is 2.76. The van der Waals surface area contributed by atoms with Gasteiger partial charge in [0.25, 0.3) is 5.91 Å². The molecule has 1 aromatic carbocycles. The minimum absolute atomic E-state index is 0.00124. The van der Waals surface area contributed by atoms with Gasteiger partial charge >= 0.3 is 0 Å². The van der Waals surface area contributed by atoms with E-state index in [4.69, 9.17) is 28.0 Å². The minimum atomic E-state index is -3.49. The van der Waals surface area contributed by atoms with Crippen LogP contribution in [0.15, 0.2) is 34.4 Å². The Labute approximate surface area is 176 Å². The molecule has 1 amide bonds. The third-order valence-corrected chi connectivity index (χ3v) is 6.72. The smallest absolute Gasteiger partial charge is 0.280 e. The molecule has 0 bridgehead atoms. The van der Waals surface area contributed by atoms with Gasteiger partial charge < -0.3 is 4.84 Å². The molecule has 7 nitrogen and oxygen atoms in total. The van der Waals surface area contributed by atoms with Gasteiger partial charge in [-0.3, -0.25) is 10.1 Å². The van der Waals surface area contributed by atoms with Gasteiger partial charge in [0.05, 0.1) is 16.1 Å². The van der Waals surface area contributed by atoms with E-state index in [2.05, 4.69) is 15.5 Å². The number of halogens is 2. The topological polar surface area (TPSA) is 97.7 Å². The zero-order chi connectivity index (χ0) is 20.3. The standard InChI is InChI=1S/C17H17Cl2N3O4S2/c1-28(24,25)13-7-6-10(8-12(13)18)15(22-26-11-4-2-3-5-11)16(23)21-17-20-9-14(19)27-17/h6-9,11H,2-5H2,1H3,(H,20,21,23)/b22-15+. The fourth-order valence-corrected chi connectivity index (χ4v) is 4.90. The molecule has 1 aliphatic carbocycles. The maximum Gasteiger partial charge on any atom is 0.280 e. The third kappa shape index (κ3) is 5.22. The Balaban J connectivity index is 1.92. The van der Waals surface area contributed by atoms with Crippen LogP contribution in [0, 0.1) is 0 Å². The van der Waals surface area contributed by atoms with Crippen LogP contribution in [0.1, 0.15) is 31.2 Å². The van der Waals surface area contributed by atoms with Crippen LogP contribution >= 0.6 is 34.5 Å². The van der Waals surface area contributed by atoms with Gasteiger partial charge in [0, 0.05) is 11.8 Å². The first-order valence-electron chi connectivity index (χ1n) is 8.40. The lowest BCUT2D eigenvalue weighted by Gasteiger charge is -2.11. The largest absolute Gasteiger partial charge is 0.392 e. The number of rotatable bonds is 6. The van der Waals surface area contributed by atoms with Gasteiger partial charge in [-0.05, 0) is 37.8 Å². The van der Waals surface area contributed by atoms with Crippen molar-refractivity contribution in [1.82, 2.24) is 4.98 Å². The van der Waals surface area contributed by atoms with E-state index in [1.54, 1.807) is 0 Å². The number of nitrogens with one attached hydrogen (secondary N) is 1. The van der Waals surface area contributed by atoms with Crippen molar-refractivity contribution >= 4 is 61.1 Å². The first kappa shape index (κ1) is 21.0. The van der Waals surface area contributed by atoms with Crippen LogP contribution in [-0.4, -0.2) is 37.4 Å². The van der Waals surface area contributed by atoms with E-state index in [-0.39, 0.29) is 21.7 Å². The Morgan fingerprint density at radius 2 is 2.04 bits per heavy atom. The van der Waals surface area contributed by atoms with E-state index >= 15 is 0 Å². The number of nitrogens with zero attached hydrogens (tertiary/aromatic N) is 2. The average molecular weight is 462 g/mol. The van der Waals surface area contributed by atoms with Crippen LogP contribution in [0.5, 0.6) is 0 Å². The highest BCUT2D eigenvalue weighted by Gasteiger charge is 2.22. The number of carbonyl (C=O) groups is 1. The summed E-state index contributed by atoms with van der Waals surface area (Å²) in [4.78, 5) is 22.3. The molecule has 1 N–H and O–H groups in total. The Morgan fingerprint density at radius 3 is 2.61 bits per heavy atom. The normalized spacial score (nSPS) is 15.6. The Hall–Kier alpha value is -1.68. The molecule has 1 heterocycles. The fraction of sp³-hybridized carbons (Fsp3) is 0.353. The molecule has 0 aliphatic heterocycles. The summed E-state index contributed by atoms with van der Waals surface area (Å²) < 4.78 is 24.0. The molecule has 0 saturated heterocycles. The first-order chi connectivity index (χ1) is 13.2. The van der Waals surface area contributed by atoms with E-state index in [9.17, 15) is 13.2 Å². The summed E-state index contributed by atoms with van der Waals surface area (Å²) in [5.41, 5.74) is 0.302. The highest BCUT2D eigenvalue weighted by Crippen LogP contribution is 2.26. The van der Waals surface area contributed by atoms with Crippen molar-refractivity contribution in [3.63, 3.8) is 0 Å². The Bertz CT molecular complexity index is 1020. The molecule has 28 heavy (non-hydrogen) atoms. The number of benzene rings is 1. The maximum atomic E-state index is 12.8. The van der Waals surface area contributed by atoms with Gasteiger partial charge in [0.15, 0.2) is 20.7 Å². The summed E-state index contributed by atoms with van der Waals surface area (Å²) in [6.07, 6.45) is 6.27. The number of sulfone groups is 1. The van der Waals surface area contributed by atoms with Gasteiger partial charge in [0.1, 0.15) is 10.4 Å². The van der Waals surface area contributed by atoms with Gasteiger partial charge in [-0.1, -0.05) is 45.8 Å². The zero-order valence-electron chi connectivity index (χ0n) is 14.8. The average Bonchev–Trinajstić information content (AvgIpc) is 3.26. The van der Waals surface area contributed by atoms with Crippen LogP contribution in [0.4, 0.5) is 5.13 Å². The SMILES string of the molecule is CS(=O)(=O)c1ccc(/C(=N\OC2CCCC2)C(=O)Nc2ncc(Cl)s2)cc1Cl.